The number of nitrogens with one attached hydrogen (secondary N) is 1. The minimum absolute atomic E-state index is 0.144. The van der Waals surface area contributed by atoms with Gasteiger partial charge in [-0.3, -0.25) is 4.79 Å². The van der Waals surface area contributed by atoms with Crippen LogP contribution >= 0.6 is 0 Å². The van der Waals surface area contributed by atoms with Gasteiger partial charge < -0.3 is 10.2 Å². The zero-order valence-electron chi connectivity index (χ0n) is 11.6. The average molecular weight is 271 g/mol. The molecule has 1 aromatic carbocycles. The van der Waals surface area contributed by atoms with Gasteiger partial charge in [-0.15, -0.1) is 5.10 Å². The molecule has 0 radical (unpaired) electrons. The summed E-state index contributed by atoms with van der Waals surface area (Å²) in [6.45, 7) is 3.76. The molecule has 2 aromatic rings. The first-order valence-corrected chi connectivity index (χ1v) is 6.62. The first-order chi connectivity index (χ1) is 9.65. The number of aromatic nitrogens is 3. The first-order valence-electron chi connectivity index (χ1n) is 6.62. The van der Waals surface area contributed by atoms with Gasteiger partial charge in [0.2, 0.25) is 0 Å². The molecule has 1 saturated heterocycles. The number of hydrogen-bond acceptors (Lipinski definition) is 4. The molecule has 1 aliphatic heterocycles. The van der Waals surface area contributed by atoms with E-state index in [4.69, 9.17) is 0 Å². The summed E-state index contributed by atoms with van der Waals surface area (Å²) in [5.74, 6) is -0.144. The molecule has 0 atom stereocenters. The highest BCUT2D eigenvalue weighted by molar-refractivity contribution is 6.04. The fourth-order valence-electron chi connectivity index (χ4n) is 2.14. The standard InChI is InChI=1S/C14H17N5O/c1-10-4-3-5-11(6-10)18(2)14(20)13-9-19(17-16-13)12-7-15-8-12/h3-6,9,12,15H,7-8H2,1-2H3. The minimum atomic E-state index is -0.144. The molecule has 0 spiro atoms. The van der Waals surface area contributed by atoms with Gasteiger partial charge >= 0.3 is 0 Å². The highest BCUT2D eigenvalue weighted by atomic mass is 16.2. The van der Waals surface area contributed by atoms with Crippen molar-refractivity contribution in [3.05, 3.63) is 41.7 Å². The maximum Gasteiger partial charge on any atom is 0.280 e. The smallest absolute Gasteiger partial charge is 0.280 e. The Labute approximate surface area is 117 Å². The lowest BCUT2D eigenvalue weighted by Gasteiger charge is -2.26. The molecule has 0 aliphatic carbocycles. The zero-order valence-corrected chi connectivity index (χ0v) is 11.6. The van der Waals surface area contributed by atoms with Crippen LogP contribution in [0.15, 0.2) is 30.5 Å². The fraction of sp³-hybridized carbons (Fsp3) is 0.357. The Kier molecular flexibility index (Phi) is 3.23. The summed E-state index contributed by atoms with van der Waals surface area (Å²) in [5.41, 5.74) is 2.35. The van der Waals surface area contributed by atoms with E-state index in [0.29, 0.717) is 11.7 Å². The number of amides is 1. The Hall–Kier alpha value is -2.21. The van der Waals surface area contributed by atoms with Crippen LogP contribution in [0.4, 0.5) is 5.69 Å². The van der Waals surface area contributed by atoms with Crippen LogP contribution in [0.1, 0.15) is 22.1 Å². The van der Waals surface area contributed by atoms with Crippen LogP contribution in [0.2, 0.25) is 0 Å². The molecule has 0 bridgehead atoms. The van der Waals surface area contributed by atoms with E-state index in [1.807, 2.05) is 31.2 Å². The summed E-state index contributed by atoms with van der Waals surface area (Å²) < 4.78 is 1.76. The van der Waals surface area contributed by atoms with E-state index in [9.17, 15) is 4.79 Å². The molecule has 104 valence electrons. The van der Waals surface area contributed by atoms with Crippen LogP contribution in [0.25, 0.3) is 0 Å². The maximum atomic E-state index is 12.4. The summed E-state index contributed by atoms with van der Waals surface area (Å²) in [6.07, 6.45) is 1.72. The molecule has 1 N–H and O–H groups in total. The minimum Gasteiger partial charge on any atom is -0.312 e. The van der Waals surface area contributed by atoms with Crippen molar-refractivity contribution < 1.29 is 4.79 Å². The summed E-state index contributed by atoms with van der Waals surface area (Å²) in [6, 6.07) is 8.13. The van der Waals surface area contributed by atoms with Crippen molar-refractivity contribution in [1.82, 2.24) is 20.3 Å². The number of aryl methyl sites for hydroxylation is 1. The van der Waals surface area contributed by atoms with Crippen molar-refractivity contribution in [1.29, 1.82) is 0 Å². The molecule has 0 unspecified atom stereocenters. The van der Waals surface area contributed by atoms with Crippen molar-refractivity contribution in [2.45, 2.75) is 13.0 Å². The van der Waals surface area contributed by atoms with E-state index in [0.717, 1.165) is 24.3 Å². The van der Waals surface area contributed by atoms with Gasteiger partial charge in [-0.2, -0.15) is 0 Å². The number of benzene rings is 1. The lowest BCUT2D eigenvalue weighted by atomic mass is 10.2. The monoisotopic (exact) mass is 271 g/mol. The van der Waals surface area contributed by atoms with Gasteiger partial charge in [-0.1, -0.05) is 17.3 Å². The van der Waals surface area contributed by atoms with Crippen LogP contribution in [-0.4, -0.2) is 41.0 Å². The molecule has 1 aromatic heterocycles. The van der Waals surface area contributed by atoms with Crippen LogP contribution in [0.3, 0.4) is 0 Å². The SMILES string of the molecule is Cc1cccc(N(C)C(=O)c2cn(C3CNC3)nn2)c1. The van der Waals surface area contributed by atoms with Gasteiger partial charge in [0.05, 0.1) is 12.2 Å². The van der Waals surface area contributed by atoms with Crippen molar-refractivity contribution in [3.63, 3.8) is 0 Å². The van der Waals surface area contributed by atoms with Crippen molar-refractivity contribution >= 4 is 11.6 Å². The predicted molar refractivity (Wildman–Crippen MR) is 75.8 cm³/mol. The molecule has 6 nitrogen and oxygen atoms in total. The third kappa shape index (κ3) is 2.30. The maximum absolute atomic E-state index is 12.4. The van der Waals surface area contributed by atoms with Gasteiger partial charge in [0.15, 0.2) is 5.69 Å². The Bertz CT molecular complexity index is 632. The second-order valence-corrected chi connectivity index (χ2v) is 5.10. The van der Waals surface area contributed by atoms with E-state index in [-0.39, 0.29) is 5.91 Å². The summed E-state index contributed by atoms with van der Waals surface area (Å²) in [7, 11) is 1.75. The molecule has 1 aliphatic rings. The Morgan fingerprint density at radius 3 is 2.90 bits per heavy atom. The molecule has 1 amide bonds. The highest BCUT2D eigenvalue weighted by Crippen LogP contribution is 2.17. The van der Waals surface area contributed by atoms with Gasteiger partial charge in [0.1, 0.15) is 0 Å². The third-order valence-corrected chi connectivity index (χ3v) is 3.56. The molecule has 6 heteroatoms. The van der Waals surface area contributed by atoms with E-state index in [1.165, 1.54) is 0 Å². The van der Waals surface area contributed by atoms with Crippen LogP contribution in [0.5, 0.6) is 0 Å². The van der Waals surface area contributed by atoms with Gasteiger partial charge in [0, 0.05) is 25.8 Å². The predicted octanol–water partition coefficient (Wildman–Crippen LogP) is 1.01. The number of nitrogens with zero attached hydrogens (tertiary/aromatic N) is 4. The van der Waals surface area contributed by atoms with Crippen LogP contribution in [-0.2, 0) is 0 Å². The lowest BCUT2D eigenvalue weighted by Crippen LogP contribution is -2.43. The Balaban J connectivity index is 1.79. The van der Waals surface area contributed by atoms with Gasteiger partial charge in [-0.05, 0) is 24.6 Å². The Morgan fingerprint density at radius 2 is 2.25 bits per heavy atom. The van der Waals surface area contributed by atoms with E-state index in [2.05, 4.69) is 15.6 Å². The molecule has 3 rings (SSSR count). The first kappa shape index (κ1) is 12.8. The zero-order chi connectivity index (χ0) is 14.1. The molecular weight excluding hydrogens is 254 g/mol. The summed E-state index contributed by atoms with van der Waals surface area (Å²) in [5, 5.41) is 11.2. The van der Waals surface area contributed by atoms with Crippen molar-refractivity contribution in [3.8, 4) is 0 Å². The van der Waals surface area contributed by atoms with Crippen molar-refractivity contribution in [2.75, 3.05) is 25.0 Å². The van der Waals surface area contributed by atoms with Gasteiger partial charge in [-0.25, -0.2) is 4.68 Å². The summed E-state index contributed by atoms with van der Waals surface area (Å²) in [4.78, 5) is 14.0. The molecule has 20 heavy (non-hydrogen) atoms. The van der Waals surface area contributed by atoms with Crippen LogP contribution < -0.4 is 10.2 Å². The number of carbonyl (C=O) groups excluding carboxylic acids is 1. The van der Waals surface area contributed by atoms with Gasteiger partial charge in [0.25, 0.3) is 5.91 Å². The Morgan fingerprint density at radius 1 is 1.45 bits per heavy atom. The normalized spacial score (nSPS) is 14.9. The third-order valence-electron chi connectivity index (χ3n) is 3.56. The molecule has 2 heterocycles. The van der Waals surface area contributed by atoms with E-state index >= 15 is 0 Å². The molecule has 1 fully saturated rings. The number of carbonyl (C=O) groups is 1. The largest absolute Gasteiger partial charge is 0.312 e. The molecular formula is C14H17N5O. The van der Waals surface area contributed by atoms with E-state index < -0.39 is 0 Å². The highest BCUT2D eigenvalue weighted by Gasteiger charge is 2.23. The number of rotatable bonds is 3. The number of anilines is 1. The average Bonchev–Trinajstić information content (AvgIpc) is 2.84. The quantitative estimate of drug-likeness (QED) is 0.905. The topological polar surface area (TPSA) is 63.1 Å². The second kappa shape index (κ2) is 5.05. The van der Waals surface area contributed by atoms with Crippen molar-refractivity contribution in [2.24, 2.45) is 0 Å². The number of hydrogen-bond donors (Lipinski definition) is 1. The van der Waals surface area contributed by atoms with Crippen LogP contribution in [0, 0.1) is 6.92 Å². The fourth-order valence-corrected chi connectivity index (χ4v) is 2.14. The van der Waals surface area contributed by atoms with E-state index in [1.54, 1.807) is 22.8 Å². The lowest BCUT2D eigenvalue weighted by molar-refractivity contribution is 0.0988. The summed E-state index contributed by atoms with van der Waals surface area (Å²) >= 11 is 0. The molecule has 0 saturated carbocycles. The second-order valence-electron chi connectivity index (χ2n) is 5.10.